The molecule has 84 valence electrons. The molecule has 6 heteroatoms. The Labute approximate surface area is 102 Å². The molecule has 0 bridgehead atoms. The summed E-state index contributed by atoms with van der Waals surface area (Å²) in [5.74, 6) is -0.634. The van der Waals surface area contributed by atoms with Gasteiger partial charge in [0.25, 0.3) is 0 Å². The highest BCUT2D eigenvalue weighted by Crippen LogP contribution is 2.37. The van der Waals surface area contributed by atoms with Crippen molar-refractivity contribution < 1.29 is 14.2 Å². The summed E-state index contributed by atoms with van der Waals surface area (Å²) in [7, 11) is 1.31. The van der Waals surface area contributed by atoms with Gasteiger partial charge in [-0.25, -0.2) is 4.39 Å². The van der Waals surface area contributed by atoms with Crippen LogP contribution in [0.5, 0.6) is 5.75 Å². The molecule has 0 aliphatic rings. The van der Waals surface area contributed by atoms with Crippen LogP contribution in [0.4, 0.5) is 4.39 Å². The van der Waals surface area contributed by atoms with Crippen molar-refractivity contribution in [1.29, 1.82) is 0 Å². The molecular weight excluding hydrogens is 265 g/mol. The van der Waals surface area contributed by atoms with Crippen LogP contribution in [0.15, 0.2) is 12.1 Å². The Morgan fingerprint density at radius 2 is 2.00 bits per heavy atom. The van der Waals surface area contributed by atoms with E-state index in [1.807, 2.05) is 0 Å². The average Bonchev–Trinajstić information content (AvgIpc) is 2.19. The molecule has 1 N–H and O–H groups in total. The van der Waals surface area contributed by atoms with E-state index < -0.39 is 16.8 Å². The first-order valence-electron chi connectivity index (χ1n) is 3.97. The number of hydrogen-bond donors (Lipinski definition) is 1. The predicted molar refractivity (Wildman–Crippen MR) is 58.4 cm³/mol. The third-order valence-corrected chi connectivity index (χ3v) is 2.61. The van der Waals surface area contributed by atoms with Gasteiger partial charge in [0.15, 0.2) is 0 Å². The number of ether oxygens (including phenoxy) is 1. The highest BCUT2D eigenvalue weighted by atomic mass is 35.5. The maximum atomic E-state index is 13.4. The van der Waals surface area contributed by atoms with Gasteiger partial charge in [0, 0.05) is 0 Å². The second-order valence-electron chi connectivity index (χ2n) is 2.76. The number of aliphatic hydroxyl groups excluding tert-OH is 1. The summed E-state index contributed by atoms with van der Waals surface area (Å²) in [5, 5.41) is 9.75. The van der Waals surface area contributed by atoms with Crippen LogP contribution in [0, 0.1) is 5.82 Å². The number of aliphatic hydroxyl groups is 1. The Bertz CT molecular complexity index is 357. The molecule has 2 nitrogen and oxygen atoms in total. The van der Waals surface area contributed by atoms with Gasteiger partial charge in [-0.1, -0.05) is 11.6 Å². The molecule has 1 rings (SSSR count). The van der Waals surface area contributed by atoms with Gasteiger partial charge in [-0.3, -0.25) is 0 Å². The Balaban J connectivity index is 3.30. The summed E-state index contributed by atoms with van der Waals surface area (Å²) in [6.45, 7) is 0. The van der Waals surface area contributed by atoms with E-state index in [9.17, 15) is 9.50 Å². The van der Waals surface area contributed by atoms with Crippen molar-refractivity contribution in [3.63, 3.8) is 0 Å². The molecule has 0 saturated heterocycles. The van der Waals surface area contributed by atoms with Gasteiger partial charge in [-0.2, -0.15) is 0 Å². The van der Waals surface area contributed by atoms with E-state index in [1.54, 1.807) is 0 Å². The zero-order chi connectivity index (χ0) is 11.6. The first-order valence-corrected chi connectivity index (χ1v) is 5.22. The zero-order valence-electron chi connectivity index (χ0n) is 7.68. The largest absolute Gasteiger partial charge is 0.495 e. The Kier molecular flexibility index (Phi) is 4.46. The van der Waals surface area contributed by atoms with E-state index in [-0.39, 0.29) is 16.3 Å². The normalized spacial score (nSPS) is 13.0. The minimum Gasteiger partial charge on any atom is -0.495 e. The molecule has 0 aliphatic heterocycles. The van der Waals surface area contributed by atoms with Gasteiger partial charge in [0.05, 0.1) is 17.7 Å². The number of rotatable bonds is 3. The number of alkyl halides is 2. The number of hydrogen-bond acceptors (Lipinski definition) is 2. The number of benzene rings is 1. The SMILES string of the molecule is COc1c(Cl)ccc(F)c1C(O)C(Cl)Cl. The molecule has 0 aromatic heterocycles. The van der Waals surface area contributed by atoms with Crippen molar-refractivity contribution in [2.45, 2.75) is 10.9 Å². The third kappa shape index (κ3) is 2.67. The van der Waals surface area contributed by atoms with Crippen LogP contribution in [0.2, 0.25) is 5.02 Å². The maximum Gasteiger partial charge on any atom is 0.146 e. The molecule has 1 unspecified atom stereocenters. The molecule has 1 aromatic carbocycles. The Morgan fingerprint density at radius 1 is 1.40 bits per heavy atom. The fourth-order valence-corrected chi connectivity index (χ4v) is 1.65. The van der Waals surface area contributed by atoms with E-state index >= 15 is 0 Å². The van der Waals surface area contributed by atoms with Gasteiger partial charge >= 0.3 is 0 Å². The highest BCUT2D eigenvalue weighted by molar-refractivity contribution is 6.44. The van der Waals surface area contributed by atoms with Gasteiger partial charge in [0.1, 0.15) is 22.5 Å². The summed E-state index contributed by atoms with van der Waals surface area (Å²) in [5.41, 5.74) is -0.139. The Morgan fingerprint density at radius 3 is 2.47 bits per heavy atom. The van der Waals surface area contributed by atoms with Gasteiger partial charge in [0.2, 0.25) is 0 Å². The summed E-state index contributed by atoms with van der Waals surface area (Å²) in [4.78, 5) is -1.16. The summed E-state index contributed by atoms with van der Waals surface area (Å²) < 4.78 is 18.3. The minimum absolute atomic E-state index is 0.0375. The van der Waals surface area contributed by atoms with E-state index in [0.717, 1.165) is 6.07 Å². The minimum atomic E-state index is -1.39. The molecule has 0 aliphatic carbocycles. The third-order valence-electron chi connectivity index (χ3n) is 1.83. The van der Waals surface area contributed by atoms with E-state index in [4.69, 9.17) is 39.5 Å². The van der Waals surface area contributed by atoms with E-state index in [2.05, 4.69) is 0 Å². The first-order chi connectivity index (χ1) is 6.99. The second-order valence-corrected chi connectivity index (χ2v) is 4.33. The topological polar surface area (TPSA) is 29.5 Å². The van der Waals surface area contributed by atoms with Crippen LogP contribution >= 0.6 is 34.8 Å². The number of halogens is 4. The van der Waals surface area contributed by atoms with Crippen LogP contribution in [0.1, 0.15) is 11.7 Å². The standard InChI is InChI=1S/C9H8Cl3FO2/c1-15-8-4(10)2-3-5(13)6(8)7(14)9(11)12/h2-3,7,9,14H,1H3. The van der Waals surface area contributed by atoms with Crippen molar-refractivity contribution >= 4 is 34.8 Å². The van der Waals surface area contributed by atoms with Crippen LogP contribution < -0.4 is 4.74 Å². The summed E-state index contributed by atoms with van der Waals surface area (Å²) in [6, 6.07) is 2.43. The van der Waals surface area contributed by atoms with Gasteiger partial charge in [-0.15, -0.1) is 23.2 Å². The Hall–Kier alpha value is -0.220. The number of methoxy groups -OCH3 is 1. The van der Waals surface area contributed by atoms with Crippen molar-refractivity contribution in [3.05, 3.63) is 28.5 Å². The van der Waals surface area contributed by atoms with E-state index in [0.29, 0.717) is 0 Å². The van der Waals surface area contributed by atoms with Crippen molar-refractivity contribution in [2.24, 2.45) is 0 Å². The summed E-state index contributed by atoms with van der Waals surface area (Å²) in [6.07, 6.45) is -1.39. The van der Waals surface area contributed by atoms with Crippen molar-refractivity contribution in [3.8, 4) is 5.75 Å². The molecule has 1 atom stereocenters. The lowest BCUT2D eigenvalue weighted by Gasteiger charge is -2.17. The fraction of sp³-hybridized carbons (Fsp3) is 0.333. The highest BCUT2D eigenvalue weighted by Gasteiger charge is 2.25. The fourth-order valence-electron chi connectivity index (χ4n) is 1.16. The smallest absolute Gasteiger partial charge is 0.146 e. The van der Waals surface area contributed by atoms with Crippen molar-refractivity contribution in [1.82, 2.24) is 0 Å². The van der Waals surface area contributed by atoms with Crippen LogP contribution in [-0.4, -0.2) is 17.1 Å². The van der Waals surface area contributed by atoms with Gasteiger partial charge < -0.3 is 9.84 Å². The first kappa shape index (κ1) is 12.8. The molecule has 0 radical (unpaired) electrons. The lowest BCUT2D eigenvalue weighted by Crippen LogP contribution is -2.10. The zero-order valence-corrected chi connectivity index (χ0v) is 9.94. The lowest BCUT2D eigenvalue weighted by atomic mass is 10.1. The maximum absolute atomic E-state index is 13.4. The van der Waals surface area contributed by atoms with Crippen LogP contribution in [-0.2, 0) is 0 Å². The molecule has 0 amide bonds. The van der Waals surface area contributed by atoms with Crippen LogP contribution in [0.25, 0.3) is 0 Å². The molecule has 0 heterocycles. The van der Waals surface area contributed by atoms with E-state index in [1.165, 1.54) is 13.2 Å². The molecule has 0 saturated carbocycles. The molecule has 15 heavy (non-hydrogen) atoms. The average molecular weight is 274 g/mol. The lowest BCUT2D eigenvalue weighted by molar-refractivity contribution is 0.182. The molecule has 0 spiro atoms. The molecule has 0 fully saturated rings. The second kappa shape index (κ2) is 5.21. The quantitative estimate of drug-likeness (QED) is 0.856. The molecule has 1 aromatic rings. The van der Waals surface area contributed by atoms with Crippen molar-refractivity contribution in [2.75, 3.05) is 7.11 Å². The van der Waals surface area contributed by atoms with Crippen LogP contribution in [0.3, 0.4) is 0 Å². The summed E-state index contributed by atoms with van der Waals surface area (Å²) >= 11 is 16.7. The predicted octanol–water partition coefficient (Wildman–Crippen LogP) is 3.32. The van der Waals surface area contributed by atoms with Gasteiger partial charge in [-0.05, 0) is 12.1 Å². The monoisotopic (exact) mass is 272 g/mol. The molecular formula is C9H8Cl3FO2.